The number of likely N-dealkylation sites (tertiary alicyclic amines) is 1. The number of aryl methyl sites for hydroxylation is 2. The fraction of sp³-hybridized carbons (Fsp3) is 0.350. The van der Waals surface area contributed by atoms with E-state index in [2.05, 4.69) is 53.3 Å². The van der Waals surface area contributed by atoms with Crippen LogP contribution < -0.4 is 5.32 Å². The Kier molecular flexibility index (Phi) is 5.33. The third-order valence-corrected chi connectivity index (χ3v) is 6.34. The SMILES string of the molecule is Cc1ccc(Nc2nn(CN3CCCC3c3cccnc3)c(=S)s2)cc1C. The molecule has 1 N–H and O–H groups in total. The van der Waals surface area contributed by atoms with Gasteiger partial charge < -0.3 is 5.32 Å². The Balaban J connectivity index is 1.50. The lowest BCUT2D eigenvalue weighted by molar-refractivity contribution is 0.191. The average Bonchev–Trinajstić information content (AvgIpc) is 3.26. The quantitative estimate of drug-likeness (QED) is 0.598. The Morgan fingerprint density at radius 1 is 1.26 bits per heavy atom. The topological polar surface area (TPSA) is 46.0 Å². The molecule has 3 heterocycles. The lowest BCUT2D eigenvalue weighted by Gasteiger charge is -2.24. The first kappa shape index (κ1) is 18.3. The van der Waals surface area contributed by atoms with E-state index in [0.717, 1.165) is 27.7 Å². The van der Waals surface area contributed by atoms with E-state index in [0.29, 0.717) is 12.7 Å². The van der Waals surface area contributed by atoms with Crippen LogP contribution in [-0.2, 0) is 6.67 Å². The number of anilines is 2. The van der Waals surface area contributed by atoms with E-state index in [1.807, 2.05) is 23.1 Å². The number of benzene rings is 1. The molecule has 3 aromatic rings. The zero-order valence-electron chi connectivity index (χ0n) is 15.6. The minimum atomic E-state index is 0.387. The summed E-state index contributed by atoms with van der Waals surface area (Å²) in [7, 11) is 0. The van der Waals surface area contributed by atoms with E-state index >= 15 is 0 Å². The molecule has 4 rings (SSSR count). The highest BCUT2D eigenvalue weighted by atomic mass is 32.1. The molecule has 1 aromatic carbocycles. The third kappa shape index (κ3) is 4.10. The van der Waals surface area contributed by atoms with E-state index < -0.39 is 0 Å². The van der Waals surface area contributed by atoms with Gasteiger partial charge in [0.15, 0.2) is 3.95 Å². The number of nitrogens with one attached hydrogen (secondary N) is 1. The van der Waals surface area contributed by atoms with Crippen LogP contribution in [0.2, 0.25) is 0 Å². The van der Waals surface area contributed by atoms with Crippen LogP contribution in [0.5, 0.6) is 0 Å². The standard InChI is InChI=1S/C20H23N5S2/c1-14-7-8-17(11-15(14)2)22-19-23-25(20(26)27-19)13-24-10-4-6-18(24)16-5-3-9-21-12-16/h3,5,7-9,11-12,18H,4,6,10,13H2,1-2H3,(H,22,23). The van der Waals surface area contributed by atoms with Gasteiger partial charge >= 0.3 is 0 Å². The monoisotopic (exact) mass is 397 g/mol. The van der Waals surface area contributed by atoms with Crippen LogP contribution in [0.4, 0.5) is 10.8 Å². The predicted octanol–water partition coefficient (Wildman–Crippen LogP) is 5.22. The molecular formula is C20H23N5S2. The molecule has 0 radical (unpaired) electrons. The number of nitrogens with zero attached hydrogens (tertiary/aromatic N) is 4. The highest BCUT2D eigenvalue weighted by Gasteiger charge is 2.26. The molecule has 1 unspecified atom stereocenters. The van der Waals surface area contributed by atoms with Crippen LogP contribution in [0.1, 0.15) is 35.6 Å². The molecule has 2 aromatic heterocycles. The first-order valence-electron chi connectivity index (χ1n) is 9.16. The summed E-state index contributed by atoms with van der Waals surface area (Å²) in [5, 5.41) is 8.94. The van der Waals surface area contributed by atoms with Crippen molar-refractivity contribution in [3.63, 3.8) is 0 Å². The Morgan fingerprint density at radius 3 is 2.93 bits per heavy atom. The van der Waals surface area contributed by atoms with Crippen molar-refractivity contribution in [3.8, 4) is 0 Å². The molecule has 0 bridgehead atoms. The van der Waals surface area contributed by atoms with Crippen molar-refractivity contribution < 1.29 is 0 Å². The lowest BCUT2D eigenvalue weighted by Crippen LogP contribution is -2.26. The Bertz CT molecular complexity index is 980. The van der Waals surface area contributed by atoms with E-state index in [-0.39, 0.29) is 0 Å². The maximum Gasteiger partial charge on any atom is 0.209 e. The third-order valence-electron chi connectivity index (χ3n) is 5.11. The van der Waals surface area contributed by atoms with Gasteiger partial charge in [-0.2, -0.15) is 0 Å². The largest absolute Gasteiger partial charge is 0.330 e. The van der Waals surface area contributed by atoms with Crippen LogP contribution in [0, 0.1) is 17.8 Å². The van der Waals surface area contributed by atoms with Gasteiger partial charge in [0.25, 0.3) is 0 Å². The summed E-state index contributed by atoms with van der Waals surface area (Å²) in [6.07, 6.45) is 6.13. The molecule has 5 nitrogen and oxygen atoms in total. The van der Waals surface area contributed by atoms with Crippen molar-refractivity contribution in [2.75, 3.05) is 11.9 Å². The molecule has 0 aliphatic carbocycles. The molecule has 0 spiro atoms. The van der Waals surface area contributed by atoms with Gasteiger partial charge in [-0.25, -0.2) is 4.68 Å². The average molecular weight is 398 g/mol. The highest BCUT2D eigenvalue weighted by Crippen LogP contribution is 2.32. The van der Waals surface area contributed by atoms with Crippen molar-refractivity contribution in [2.24, 2.45) is 0 Å². The maximum absolute atomic E-state index is 5.57. The van der Waals surface area contributed by atoms with Crippen LogP contribution >= 0.6 is 23.6 Å². The molecule has 1 aliphatic heterocycles. The molecule has 1 aliphatic rings. The Hall–Kier alpha value is -2.09. The Morgan fingerprint density at radius 2 is 2.15 bits per heavy atom. The van der Waals surface area contributed by atoms with Crippen molar-refractivity contribution in [3.05, 3.63) is 63.4 Å². The highest BCUT2D eigenvalue weighted by molar-refractivity contribution is 7.73. The van der Waals surface area contributed by atoms with Crippen LogP contribution in [0.25, 0.3) is 0 Å². The van der Waals surface area contributed by atoms with Gasteiger partial charge in [-0.15, -0.1) is 5.10 Å². The van der Waals surface area contributed by atoms with Crippen molar-refractivity contribution in [2.45, 2.75) is 39.4 Å². The summed E-state index contributed by atoms with van der Waals surface area (Å²) in [6, 6.07) is 10.9. The van der Waals surface area contributed by atoms with Gasteiger partial charge in [-0.1, -0.05) is 23.5 Å². The van der Waals surface area contributed by atoms with E-state index in [1.54, 1.807) is 0 Å². The molecule has 7 heteroatoms. The predicted molar refractivity (Wildman–Crippen MR) is 113 cm³/mol. The first-order valence-corrected chi connectivity index (χ1v) is 10.4. The summed E-state index contributed by atoms with van der Waals surface area (Å²) < 4.78 is 2.72. The summed E-state index contributed by atoms with van der Waals surface area (Å²) in [6.45, 7) is 6.00. The fourth-order valence-electron chi connectivity index (χ4n) is 3.51. The minimum absolute atomic E-state index is 0.387. The first-order chi connectivity index (χ1) is 13.1. The number of pyridine rings is 1. The molecule has 1 atom stereocenters. The van der Waals surface area contributed by atoms with E-state index in [1.165, 1.54) is 34.4 Å². The smallest absolute Gasteiger partial charge is 0.209 e. The van der Waals surface area contributed by atoms with Gasteiger partial charge in [0.1, 0.15) is 0 Å². The lowest BCUT2D eigenvalue weighted by atomic mass is 10.1. The maximum atomic E-state index is 5.57. The van der Waals surface area contributed by atoms with Crippen LogP contribution in [0.3, 0.4) is 0 Å². The van der Waals surface area contributed by atoms with E-state index in [9.17, 15) is 0 Å². The minimum Gasteiger partial charge on any atom is -0.330 e. The number of aromatic nitrogens is 3. The second kappa shape index (κ2) is 7.88. The van der Waals surface area contributed by atoms with Gasteiger partial charge in [0.05, 0.1) is 6.67 Å². The molecule has 140 valence electrons. The normalized spacial score (nSPS) is 17.3. The molecule has 27 heavy (non-hydrogen) atoms. The van der Waals surface area contributed by atoms with Gasteiger partial charge in [-0.3, -0.25) is 9.88 Å². The molecular weight excluding hydrogens is 374 g/mol. The second-order valence-electron chi connectivity index (χ2n) is 6.99. The van der Waals surface area contributed by atoms with Gasteiger partial charge in [0.2, 0.25) is 5.13 Å². The summed E-state index contributed by atoms with van der Waals surface area (Å²) in [5.74, 6) is 0. The number of hydrogen-bond acceptors (Lipinski definition) is 6. The fourth-order valence-corrected chi connectivity index (χ4v) is 4.52. The van der Waals surface area contributed by atoms with Crippen molar-refractivity contribution >= 4 is 34.4 Å². The zero-order valence-corrected chi connectivity index (χ0v) is 17.2. The van der Waals surface area contributed by atoms with Gasteiger partial charge in [0, 0.05) is 30.7 Å². The molecule has 0 amide bonds. The molecule has 1 fully saturated rings. The molecule has 0 saturated carbocycles. The number of rotatable bonds is 5. The second-order valence-corrected chi connectivity index (χ2v) is 8.62. The molecule has 1 saturated heterocycles. The summed E-state index contributed by atoms with van der Waals surface area (Å²) >= 11 is 7.08. The van der Waals surface area contributed by atoms with Crippen LogP contribution in [0.15, 0.2) is 42.7 Å². The Labute approximate surface area is 168 Å². The number of hydrogen-bond donors (Lipinski definition) is 1. The summed E-state index contributed by atoms with van der Waals surface area (Å²) in [5.41, 5.74) is 4.86. The van der Waals surface area contributed by atoms with Gasteiger partial charge in [-0.05, 0) is 73.8 Å². The van der Waals surface area contributed by atoms with Crippen molar-refractivity contribution in [1.82, 2.24) is 19.7 Å². The zero-order chi connectivity index (χ0) is 18.8. The summed E-state index contributed by atoms with van der Waals surface area (Å²) in [4.78, 5) is 6.71. The van der Waals surface area contributed by atoms with E-state index in [4.69, 9.17) is 17.3 Å². The van der Waals surface area contributed by atoms with Crippen LogP contribution in [-0.4, -0.2) is 26.2 Å². The van der Waals surface area contributed by atoms with Crippen molar-refractivity contribution in [1.29, 1.82) is 0 Å².